The van der Waals surface area contributed by atoms with Gasteiger partial charge in [0.1, 0.15) is 11.6 Å². The van der Waals surface area contributed by atoms with Crippen LogP contribution in [0, 0.1) is 6.92 Å². The highest BCUT2D eigenvalue weighted by Crippen LogP contribution is 2.19. The monoisotopic (exact) mass is 394 g/mol. The van der Waals surface area contributed by atoms with Gasteiger partial charge in [0.15, 0.2) is 0 Å². The molecule has 0 fully saturated rings. The fourth-order valence-corrected chi connectivity index (χ4v) is 3.24. The summed E-state index contributed by atoms with van der Waals surface area (Å²) < 4.78 is 5.39. The number of para-hydroxylation sites is 1. The number of rotatable bonds is 7. The summed E-state index contributed by atoms with van der Waals surface area (Å²) in [6, 6.07) is 13.0. The van der Waals surface area contributed by atoms with Crippen molar-refractivity contribution in [2.75, 3.05) is 20.2 Å². The lowest BCUT2D eigenvalue weighted by Crippen LogP contribution is -2.40. The lowest BCUT2D eigenvalue weighted by Gasteiger charge is -2.21. The molecule has 0 unspecified atom stereocenters. The standard InChI is InChI=1S/C22H26N4O3/c1-4-26(14-20-24-18-8-6-5-7-17(18)21(27)25-20)22(28)23-12-11-16-13-15(2)9-10-19(16)29-3/h5-10,13H,4,11-12,14H2,1-3H3,(H,23,28)(H,24,25,27). The Labute approximate surface area is 169 Å². The van der Waals surface area contributed by atoms with E-state index in [9.17, 15) is 9.59 Å². The molecule has 7 heteroatoms. The molecule has 0 bridgehead atoms. The van der Waals surface area contributed by atoms with Crippen LogP contribution in [0.3, 0.4) is 0 Å². The number of ether oxygens (including phenoxy) is 1. The van der Waals surface area contributed by atoms with Crippen molar-refractivity contribution in [3.05, 3.63) is 69.8 Å². The van der Waals surface area contributed by atoms with E-state index in [0.717, 1.165) is 16.9 Å². The maximum absolute atomic E-state index is 12.6. The van der Waals surface area contributed by atoms with Crippen LogP contribution >= 0.6 is 0 Å². The average molecular weight is 394 g/mol. The van der Waals surface area contributed by atoms with E-state index in [1.807, 2.05) is 32.0 Å². The van der Waals surface area contributed by atoms with E-state index in [0.29, 0.717) is 36.2 Å². The number of benzene rings is 2. The fraction of sp³-hybridized carbons (Fsp3) is 0.318. The van der Waals surface area contributed by atoms with E-state index in [-0.39, 0.29) is 18.1 Å². The van der Waals surface area contributed by atoms with Crippen LogP contribution in [-0.4, -0.2) is 41.1 Å². The molecule has 0 aliphatic carbocycles. The van der Waals surface area contributed by atoms with Crippen LogP contribution in [0.15, 0.2) is 47.3 Å². The molecule has 2 N–H and O–H groups in total. The minimum absolute atomic E-state index is 0.199. The molecular formula is C22H26N4O3. The van der Waals surface area contributed by atoms with Crippen molar-refractivity contribution < 1.29 is 9.53 Å². The van der Waals surface area contributed by atoms with Gasteiger partial charge in [-0.3, -0.25) is 4.79 Å². The first-order valence-corrected chi connectivity index (χ1v) is 9.66. The number of nitrogens with one attached hydrogen (secondary N) is 2. The number of carbonyl (C=O) groups excluding carboxylic acids is 1. The SMILES string of the molecule is CCN(Cc1nc2ccccc2c(=O)[nH]1)C(=O)NCCc1cc(C)ccc1OC. The van der Waals surface area contributed by atoms with Crippen molar-refractivity contribution >= 4 is 16.9 Å². The van der Waals surface area contributed by atoms with Gasteiger partial charge in [-0.2, -0.15) is 0 Å². The molecule has 0 saturated heterocycles. The predicted octanol–water partition coefficient (Wildman–Crippen LogP) is 3.01. The average Bonchev–Trinajstić information content (AvgIpc) is 2.72. The first-order valence-electron chi connectivity index (χ1n) is 9.66. The van der Waals surface area contributed by atoms with Crippen molar-refractivity contribution in [2.24, 2.45) is 0 Å². The Kier molecular flexibility index (Phi) is 6.49. The van der Waals surface area contributed by atoms with Gasteiger partial charge in [0.2, 0.25) is 0 Å². The number of fused-ring (bicyclic) bond motifs is 1. The molecule has 7 nitrogen and oxygen atoms in total. The lowest BCUT2D eigenvalue weighted by molar-refractivity contribution is 0.197. The molecule has 3 rings (SSSR count). The number of aromatic nitrogens is 2. The van der Waals surface area contributed by atoms with E-state index in [1.54, 1.807) is 30.2 Å². The van der Waals surface area contributed by atoms with Gasteiger partial charge >= 0.3 is 6.03 Å². The smallest absolute Gasteiger partial charge is 0.317 e. The fourth-order valence-electron chi connectivity index (χ4n) is 3.24. The van der Waals surface area contributed by atoms with E-state index >= 15 is 0 Å². The van der Waals surface area contributed by atoms with E-state index in [4.69, 9.17) is 4.74 Å². The van der Waals surface area contributed by atoms with Crippen LogP contribution in [0.4, 0.5) is 4.79 Å². The first kappa shape index (κ1) is 20.4. The molecule has 2 amide bonds. The third-order valence-electron chi connectivity index (χ3n) is 4.78. The van der Waals surface area contributed by atoms with Crippen LogP contribution in [0.25, 0.3) is 10.9 Å². The van der Waals surface area contributed by atoms with Crippen molar-refractivity contribution in [3.63, 3.8) is 0 Å². The van der Waals surface area contributed by atoms with E-state index < -0.39 is 0 Å². The van der Waals surface area contributed by atoms with Crippen molar-refractivity contribution in [3.8, 4) is 5.75 Å². The number of aromatic amines is 1. The van der Waals surface area contributed by atoms with Crippen LogP contribution in [0.5, 0.6) is 5.75 Å². The molecule has 0 aliphatic rings. The highest BCUT2D eigenvalue weighted by atomic mass is 16.5. The second-order valence-electron chi connectivity index (χ2n) is 6.84. The minimum atomic E-state index is -0.200. The van der Waals surface area contributed by atoms with Gasteiger partial charge in [0.25, 0.3) is 5.56 Å². The number of nitrogens with zero attached hydrogens (tertiary/aromatic N) is 2. The summed E-state index contributed by atoms with van der Waals surface area (Å²) >= 11 is 0. The van der Waals surface area contributed by atoms with Crippen LogP contribution in [0.2, 0.25) is 0 Å². The van der Waals surface area contributed by atoms with Gasteiger partial charge in [-0.25, -0.2) is 9.78 Å². The molecular weight excluding hydrogens is 368 g/mol. The highest BCUT2D eigenvalue weighted by Gasteiger charge is 2.14. The van der Waals surface area contributed by atoms with Gasteiger partial charge in [-0.15, -0.1) is 0 Å². The number of amides is 2. The van der Waals surface area contributed by atoms with Gasteiger partial charge in [0, 0.05) is 13.1 Å². The van der Waals surface area contributed by atoms with E-state index in [1.165, 1.54) is 0 Å². The second-order valence-corrected chi connectivity index (χ2v) is 6.84. The molecule has 152 valence electrons. The summed E-state index contributed by atoms with van der Waals surface area (Å²) in [5.74, 6) is 1.28. The Bertz CT molecular complexity index is 1060. The Morgan fingerprint density at radius 1 is 1.24 bits per heavy atom. The predicted molar refractivity (Wildman–Crippen MR) is 113 cm³/mol. The normalized spacial score (nSPS) is 10.7. The maximum Gasteiger partial charge on any atom is 0.317 e. The number of aryl methyl sites for hydroxylation is 1. The van der Waals surface area contributed by atoms with Gasteiger partial charge in [-0.1, -0.05) is 29.8 Å². The third kappa shape index (κ3) is 4.93. The number of hydrogen-bond acceptors (Lipinski definition) is 4. The maximum atomic E-state index is 12.6. The molecule has 0 saturated carbocycles. The number of carbonyl (C=O) groups is 1. The molecule has 3 aromatic rings. The summed E-state index contributed by atoms with van der Waals surface area (Å²) in [5, 5.41) is 3.47. The number of H-pyrrole nitrogens is 1. The Morgan fingerprint density at radius 2 is 2.03 bits per heavy atom. The van der Waals surface area contributed by atoms with Crippen molar-refractivity contribution in [2.45, 2.75) is 26.8 Å². The highest BCUT2D eigenvalue weighted by molar-refractivity contribution is 5.77. The quantitative estimate of drug-likeness (QED) is 0.645. The lowest BCUT2D eigenvalue weighted by atomic mass is 10.1. The molecule has 2 aromatic carbocycles. The molecule has 0 atom stereocenters. The minimum Gasteiger partial charge on any atom is -0.496 e. The zero-order valence-electron chi connectivity index (χ0n) is 17.0. The number of methoxy groups -OCH3 is 1. The summed E-state index contributed by atoms with van der Waals surface area (Å²) in [5.41, 5.74) is 2.62. The zero-order valence-corrected chi connectivity index (χ0v) is 17.0. The molecule has 0 aliphatic heterocycles. The topological polar surface area (TPSA) is 87.3 Å². The van der Waals surface area contributed by atoms with Gasteiger partial charge in [-0.05, 0) is 44.0 Å². The molecule has 1 aromatic heterocycles. The summed E-state index contributed by atoms with van der Waals surface area (Å²) in [7, 11) is 1.64. The Hall–Kier alpha value is -3.35. The largest absolute Gasteiger partial charge is 0.496 e. The van der Waals surface area contributed by atoms with Crippen LogP contribution in [0.1, 0.15) is 23.9 Å². The van der Waals surface area contributed by atoms with Gasteiger partial charge in [0.05, 0.1) is 24.6 Å². The molecule has 29 heavy (non-hydrogen) atoms. The van der Waals surface area contributed by atoms with Gasteiger partial charge < -0.3 is 19.9 Å². The second kappa shape index (κ2) is 9.23. The van der Waals surface area contributed by atoms with Crippen LogP contribution < -0.4 is 15.6 Å². The summed E-state index contributed by atoms with van der Waals surface area (Å²) in [4.78, 5) is 33.7. The van der Waals surface area contributed by atoms with Crippen molar-refractivity contribution in [1.82, 2.24) is 20.2 Å². The Balaban J connectivity index is 1.64. The van der Waals surface area contributed by atoms with Crippen molar-refractivity contribution in [1.29, 1.82) is 0 Å². The number of urea groups is 1. The zero-order chi connectivity index (χ0) is 20.8. The number of hydrogen-bond donors (Lipinski definition) is 2. The third-order valence-corrected chi connectivity index (χ3v) is 4.78. The summed E-state index contributed by atoms with van der Waals surface area (Å²) in [6.07, 6.45) is 0.666. The van der Waals surface area contributed by atoms with E-state index in [2.05, 4.69) is 21.4 Å². The molecule has 0 radical (unpaired) electrons. The van der Waals surface area contributed by atoms with Crippen LogP contribution in [-0.2, 0) is 13.0 Å². The molecule has 0 spiro atoms. The summed E-state index contributed by atoms with van der Waals surface area (Å²) in [6.45, 7) is 5.13. The molecule has 1 heterocycles. The Morgan fingerprint density at radius 3 is 2.79 bits per heavy atom. The first-order chi connectivity index (χ1) is 14.0.